The summed E-state index contributed by atoms with van der Waals surface area (Å²) in [5.74, 6) is 0.468. The third-order valence-corrected chi connectivity index (χ3v) is 3.30. The van der Waals surface area contributed by atoms with Crippen LogP contribution in [0.4, 0.5) is 5.69 Å². The van der Waals surface area contributed by atoms with E-state index in [1.165, 1.54) is 24.3 Å². The molecule has 0 saturated heterocycles. The van der Waals surface area contributed by atoms with E-state index in [2.05, 4.69) is 5.32 Å². The molecule has 0 aliphatic carbocycles. The van der Waals surface area contributed by atoms with Crippen LogP contribution in [0, 0.1) is 10.1 Å². The Morgan fingerprint density at radius 2 is 1.73 bits per heavy atom. The fourth-order valence-corrected chi connectivity index (χ4v) is 1.99. The Hall–Kier alpha value is -2.89. The molecule has 0 radical (unpaired) electrons. The summed E-state index contributed by atoms with van der Waals surface area (Å²) in [6, 6.07) is 12.7. The van der Waals surface area contributed by atoms with Gasteiger partial charge in [-0.1, -0.05) is 12.1 Å². The second kappa shape index (κ2) is 6.71. The van der Waals surface area contributed by atoms with Gasteiger partial charge in [0.05, 0.1) is 18.1 Å². The van der Waals surface area contributed by atoms with Gasteiger partial charge in [-0.2, -0.15) is 0 Å². The average molecular weight is 300 g/mol. The predicted molar refractivity (Wildman–Crippen MR) is 82.0 cm³/mol. The number of nitro groups is 1. The van der Waals surface area contributed by atoms with E-state index >= 15 is 0 Å². The molecule has 0 saturated carbocycles. The number of ether oxygens (including phenoxy) is 1. The fraction of sp³-hybridized carbons (Fsp3) is 0.188. The Balaban J connectivity index is 2.05. The summed E-state index contributed by atoms with van der Waals surface area (Å²) in [6.45, 7) is 1.87. The van der Waals surface area contributed by atoms with Crippen molar-refractivity contribution in [2.24, 2.45) is 0 Å². The number of rotatable bonds is 5. The van der Waals surface area contributed by atoms with Crippen molar-refractivity contribution in [1.29, 1.82) is 0 Å². The van der Waals surface area contributed by atoms with Crippen molar-refractivity contribution in [3.05, 3.63) is 69.8 Å². The van der Waals surface area contributed by atoms with Gasteiger partial charge >= 0.3 is 0 Å². The van der Waals surface area contributed by atoms with Crippen LogP contribution in [0.5, 0.6) is 5.75 Å². The Morgan fingerprint density at radius 1 is 1.14 bits per heavy atom. The Labute approximate surface area is 127 Å². The fourth-order valence-electron chi connectivity index (χ4n) is 1.99. The van der Waals surface area contributed by atoms with Gasteiger partial charge < -0.3 is 10.1 Å². The summed E-state index contributed by atoms with van der Waals surface area (Å²) < 4.78 is 5.09. The van der Waals surface area contributed by atoms with Gasteiger partial charge in [0.2, 0.25) is 0 Å². The van der Waals surface area contributed by atoms with Gasteiger partial charge in [-0.3, -0.25) is 14.9 Å². The summed E-state index contributed by atoms with van der Waals surface area (Å²) in [4.78, 5) is 22.2. The van der Waals surface area contributed by atoms with E-state index < -0.39 is 4.92 Å². The van der Waals surface area contributed by atoms with Crippen LogP contribution in [0.25, 0.3) is 0 Å². The van der Waals surface area contributed by atoms with Gasteiger partial charge in [-0.25, -0.2) is 0 Å². The number of carbonyl (C=O) groups is 1. The maximum Gasteiger partial charge on any atom is 0.269 e. The van der Waals surface area contributed by atoms with E-state index in [1.54, 1.807) is 7.11 Å². The maximum absolute atomic E-state index is 12.1. The third-order valence-electron chi connectivity index (χ3n) is 3.30. The van der Waals surface area contributed by atoms with E-state index in [0.29, 0.717) is 5.56 Å². The second-order valence-corrected chi connectivity index (χ2v) is 4.77. The van der Waals surface area contributed by atoms with Gasteiger partial charge in [-0.05, 0) is 36.8 Å². The Kier molecular flexibility index (Phi) is 4.73. The number of nitro benzene ring substituents is 1. The quantitative estimate of drug-likeness (QED) is 0.679. The normalized spacial score (nSPS) is 11.5. The maximum atomic E-state index is 12.1. The van der Waals surface area contributed by atoms with Gasteiger partial charge in [-0.15, -0.1) is 0 Å². The van der Waals surface area contributed by atoms with Crippen LogP contribution in [-0.2, 0) is 0 Å². The zero-order valence-electron chi connectivity index (χ0n) is 12.3. The first kappa shape index (κ1) is 15.5. The second-order valence-electron chi connectivity index (χ2n) is 4.77. The van der Waals surface area contributed by atoms with Crippen molar-refractivity contribution >= 4 is 11.6 Å². The molecular formula is C16H16N2O4. The highest BCUT2D eigenvalue weighted by Gasteiger charge is 2.13. The van der Waals surface area contributed by atoms with Crippen molar-refractivity contribution < 1.29 is 14.5 Å². The van der Waals surface area contributed by atoms with E-state index in [4.69, 9.17) is 4.74 Å². The molecule has 1 atom stereocenters. The monoisotopic (exact) mass is 300 g/mol. The molecule has 0 heterocycles. The molecule has 1 amide bonds. The van der Waals surface area contributed by atoms with E-state index in [-0.39, 0.29) is 17.6 Å². The highest BCUT2D eigenvalue weighted by Crippen LogP contribution is 2.18. The molecule has 2 aromatic rings. The molecule has 0 bridgehead atoms. The summed E-state index contributed by atoms with van der Waals surface area (Å²) in [5, 5.41) is 13.4. The van der Waals surface area contributed by atoms with Crippen molar-refractivity contribution in [2.45, 2.75) is 13.0 Å². The SMILES string of the molecule is COc1ccc([C@H](C)NC(=O)c2ccc([N+](=O)[O-])cc2)cc1. The zero-order valence-corrected chi connectivity index (χ0v) is 12.3. The van der Waals surface area contributed by atoms with Crippen molar-refractivity contribution in [2.75, 3.05) is 7.11 Å². The van der Waals surface area contributed by atoms with Crippen LogP contribution in [0.15, 0.2) is 48.5 Å². The highest BCUT2D eigenvalue weighted by atomic mass is 16.6. The summed E-state index contributed by atoms with van der Waals surface area (Å²) in [5.41, 5.74) is 1.28. The number of hydrogen-bond donors (Lipinski definition) is 1. The molecule has 0 aromatic heterocycles. The first-order chi connectivity index (χ1) is 10.5. The van der Waals surface area contributed by atoms with E-state index in [0.717, 1.165) is 11.3 Å². The molecule has 0 unspecified atom stereocenters. The Bertz CT molecular complexity index is 666. The lowest BCUT2D eigenvalue weighted by molar-refractivity contribution is -0.384. The first-order valence-electron chi connectivity index (χ1n) is 6.70. The molecule has 2 aromatic carbocycles. The smallest absolute Gasteiger partial charge is 0.269 e. The minimum absolute atomic E-state index is 0.0419. The summed E-state index contributed by atoms with van der Waals surface area (Å²) >= 11 is 0. The molecule has 0 fully saturated rings. The average Bonchev–Trinajstić information content (AvgIpc) is 2.54. The van der Waals surface area contributed by atoms with Crippen LogP contribution < -0.4 is 10.1 Å². The van der Waals surface area contributed by atoms with Crippen LogP contribution >= 0.6 is 0 Å². The van der Waals surface area contributed by atoms with Crippen LogP contribution in [-0.4, -0.2) is 17.9 Å². The molecule has 22 heavy (non-hydrogen) atoms. The molecule has 6 heteroatoms. The van der Waals surface area contributed by atoms with Crippen molar-refractivity contribution in [3.63, 3.8) is 0 Å². The molecule has 1 N–H and O–H groups in total. The molecule has 0 aliphatic rings. The summed E-state index contributed by atoms with van der Waals surface area (Å²) in [7, 11) is 1.59. The molecule has 114 valence electrons. The van der Waals surface area contributed by atoms with Crippen molar-refractivity contribution in [3.8, 4) is 5.75 Å². The lowest BCUT2D eigenvalue weighted by atomic mass is 10.1. The van der Waals surface area contributed by atoms with Crippen LogP contribution in [0.2, 0.25) is 0 Å². The minimum atomic E-state index is -0.498. The van der Waals surface area contributed by atoms with Gasteiger partial charge in [0.15, 0.2) is 0 Å². The number of benzene rings is 2. The molecule has 0 aliphatic heterocycles. The molecule has 6 nitrogen and oxygen atoms in total. The van der Waals surface area contributed by atoms with Crippen LogP contribution in [0.1, 0.15) is 28.9 Å². The number of non-ortho nitro benzene ring substituents is 1. The Morgan fingerprint density at radius 3 is 2.23 bits per heavy atom. The standard InChI is InChI=1S/C16H16N2O4/c1-11(12-5-9-15(22-2)10-6-12)17-16(19)13-3-7-14(8-4-13)18(20)21/h3-11H,1-2H3,(H,17,19)/t11-/m0/s1. The number of nitrogens with one attached hydrogen (secondary N) is 1. The van der Waals surface area contributed by atoms with Gasteiger partial charge in [0.1, 0.15) is 5.75 Å². The van der Waals surface area contributed by atoms with Crippen LogP contribution in [0.3, 0.4) is 0 Å². The van der Waals surface area contributed by atoms with E-state index in [9.17, 15) is 14.9 Å². The topological polar surface area (TPSA) is 81.5 Å². The van der Waals surface area contributed by atoms with Gasteiger partial charge in [0, 0.05) is 17.7 Å². The molecule has 2 rings (SSSR count). The van der Waals surface area contributed by atoms with E-state index in [1.807, 2.05) is 31.2 Å². The van der Waals surface area contributed by atoms with Gasteiger partial charge in [0.25, 0.3) is 11.6 Å². The number of hydrogen-bond acceptors (Lipinski definition) is 4. The third kappa shape index (κ3) is 3.60. The number of amides is 1. The summed E-state index contributed by atoms with van der Waals surface area (Å²) in [6.07, 6.45) is 0. The largest absolute Gasteiger partial charge is 0.497 e. The lowest BCUT2D eigenvalue weighted by Crippen LogP contribution is -2.26. The van der Waals surface area contributed by atoms with Crippen molar-refractivity contribution in [1.82, 2.24) is 5.32 Å². The molecule has 0 spiro atoms. The predicted octanol–water partition coefficient (Wildman–Crippen LogP) is 3.09. The minimum Gasteiger partial charge on any atom is -0.497 e. The lowest BCUT2D eigenvalue weighted by Gasteiger charge is -2.14. The number of nitrogens with zero attached hydrogens (tertiary/aromatic N) is 1. The number of methoxy groups -OCH3 is 1. The molecular weight excluding hydrogens is 284 g/mol. The first-order valence-corrected chi connectivity index (χ1v) is 6.70. The number of carbonyl (C=O) groups excluding carboxylic acids is 1. The zero-order chi connectivity index (χ0) is 16.1. The highest BCUT2D eigenvalue weighted by molar-refractivity contribution is 5.94.